The third-order valence-corrected chi connectivity index (χ3v) is 1.35. The molecule has 0 saturated carbocycles. The van der Waals surface area contributed by atoms with Crippen molar-refractivity contribution in [3.05, 3.63) is 0 Å². The third kappa shape index (κ3) is 5.52. The van der Waals surface area contributed by atoms with Crippen LogP contribution in [0.3, 0.4) is 0 Å². The summed E-state index contributed by atoms with van der Waals surface area (Å²) in [7, 11) is 0. The Labute approximate surface area is 70.4 Å². The zero-order chi connectivity index (χ0) is 9.78. The number of hydrogen-bond acceptors (Lipinski definition) is 2. The highest BCUT2D eigenvalue weighted by Gasteiger charge is 2.22. The number of carboxylic acid groups (broad SMARTS) is 2. The first-order valence-corrected chi connectivity index (χ1v) is 3.52. The molecule has 0 aromatic carbocycles. The molecule has 0 saturated heterocycles. The van der Waals surface area contributed by atoms with E-state index < -0.39 is 17.5 Å². The maximum Gasteiger partial charge on any atom is 0.404 e. The van der Waals surface area contributed by atoms with E-state index in [1.54, 1.807) is 13.8 Å². The van der Waals surface area contributed by atoms with Crippen molar-refractivity contribution in [2.75, 3.05) is 6.54 Å². The van der Waals surface area contributed by atoms with Crippen molar-refractivity contribution in [2.45, 2.75) is 20.3 Å². The van der Waals surface area contributed by atoms with Gasteiger partial charge in [0.2, 0.25) is 0 Å². The molecule has 0 aromatic rings. The summed E-state index contributed by atoms with van der Waals surface area (Å²) in [4.78, 5) is 20.4. The van der Waals surface area contributed by atoms with Crippen LogP contribution in [0.15, 0.2) is 0 Å². The normalized spacial score (nSPS) is 10.8. The zero-order valence-electron chi connectivity index (χ0n) is 7.13. The summed E-state index contributed by atoms with van der Waals surface area (Å²) in [5.41, 5.74) is -0.537. The molecule has 0 aliphatic carbocycles. The minimum absolute atomic E-state index is 0.0483. The van der Waals surface area contributed by atoms with Crippen molar-refractivity contribution in [2.24, 2.45) is 5.41 Å². The number of nitrogens with one attached hydrogen (secondary N) is 1. The molecule has 0 bridgehead atoms. The molecule has 0 spiro atoms. The summed E-state index contributed by atoms with van der Waals surface area (Å²) in [6.45, 7) is 3.53. The van der Waals surface area contributed by atoms with Crippen LogP contribution >= 0.6 is 0 Å². The van der Waals surface area contributed by atoms with Crippen molar-refractivity contribution in [3.63, 3.8) is 0 Å². The highest BCUT2D eigenvalue weighted by atomic mass is 16.4. The first-order valence-electron chi connectivity index (χ1n) is 3.52. The van der Waals surface area contributed by atoms with Crippen LogP contribution in [0.1, 0.15) is 20.3 Å². The highest BCUT2D eigenvalue weighted by Crippen LogP contribution is 2.18. The van der Waals surface area contributed by atoms with Gasteiger partial charge in [-0.15, -0.1) is 0 Å². The topological polar surface area (TPSA) is 86.6 Å². The number of carbonyl (C=O) groups is 2. The summed E-state index contributed by atoms with van der Waals surface area (Å²) in [5.74, 6) is -0.924. The molecule has 70 valence electrons. The van der Waals surface area contributed by atoms with Crippen LogP contribution in [-0.2, 0) is 4.79 Å². The smallest absolute Gasteiger partial charge is 0.404 e. The Bertz CT molecular complexity index is 188. The van der Waals surface area contributed by atoms with Crippen LogP contribution in [0.2, 0.25) is 0 Å². The summed E-state index contributed by atoms with van der Waals surface area (Å²) in [6, 6.07) is 0. The van der Waals surface area contributed by atoms with Gasteiger partial charge < -0.3 is 15.5 Å². The van der Waals surface area contributed by atoms with Gasteiger partial charge in [0, 0.05) is 6.54 Å². The van der Waals surface area contributed by atoms with Crippen molar-refractivity contribution in [1.82, 2.24) is 5.32 Å². The first-order chi connectivity index (χ1) is 5.33. The Kier molecular flexibility index (Phi) is 3.53. The number of carboxylic acids is 1. The molecule has 0 aromatic heterocycles. The predicted molar refractivity (Wildman–Crippen MR) is 42.1 cm³/mol. The lowest BCUT2D eigenvalue weighted by Crippen LogP contribution is -2.34. The number of amides is 1. The third-order valence-electron chi connectivity index (χ3n) is 1.35. The van der Waals surface area contributed by atoms with Gasteiger partial charge in [-0.25, -0.2) is 4.79 Å². The maximum absolute atomic E-state index is 10.3. The molecule has 0 aliphatic heterocycles. The van der Waals surface area contributed by atoms with Crippen molar-refractivity contribution >= 4 is 12.1 Å². The summed E-state index contributed by atoms with van der Waals surface area (Å²) < 4.78 is 0. The maximum atomic E-state index is 10.3. The van der Waals surface area contributed by atoms with Crippen molar-refractivity contribution in [1.29, 1.82) is 0 Å². The van der Waals surface area contributed by atoms with E-state index in [0.29, 0.717) is 0 Å². The summed E-state index contributed by atoms with van der Waals surface area (Å²) in [6.07, 6.45) is -1.18. The zero-order valence-corrected chi connectivity index (χ0v) is 7.13. The summed E-state index contributed by atoms with van der Waals surface area (Å²) >= 11 is 0. The predicted octanol–water partition coefficient (Wildman–Crippen LogP) is 0.755. The number of hydrogen-bond donors (Lipinski definition) is 3. The van der Waals surface area contributed by atoms with Gasteiger partial charge in [0.15, 0.2) is 0 Å². The van der Waals surface area contributed by atoms with E-state index >= 15 is 0 Å². The second-order valence-corrected chi connectivity index (χ2v) is 3.39. The number of rotatable bonds is 4. The molecule has 0 rings (SSSR count). The quantitative estimate of drug-likeness (QED) is 0.588. The molecule has 1 amide bonds. The minimum Gasteiger partial charge on any atom is -0.481 e. The lowest BCUT2D eigenvalue weighted by Gasteiger charge is -2.21. The summed E-state index contributed by atoms with van der Waals surface area (Å²) in [5, 5.41) is 18.8. The van der Waals surface area contributed by atoms with Crippen LogP contribution in [0.4, 0.5) is 4.79 Å². The molecule has 0 unspecified atom stereocenters. The molecule has 5 heteroatoms. The Morgan fingerprint density at radius 2 is 1.83 bits per heavy atom. The molecular formula is C7H13NO4. The van der Waals surface area contributed by atoms with Gasteiger partial charge in [0.1, 0.15) is 0 Å². The molecule has 0 aliphatic rings. The van der Waals surface area contributed by atoms with E-state index in [-0.39, 0.29) is 13.0 Å². The lowest BCUT2D eigenvalue weighted by molar-refractivity contribution is -0.139. The van der Waals surface area contributed by atoms with Crippen LogP contribution in [-0.4, -0.2) is 28.8 Å². The van der Waals surface area contributed by atoms with Gasteiger partial charge in [0.05, 0.1) is 6.42 Å². The largest absolute Gasteiger partial charge is 0.481 e. The SMILES string of the molecule is CC(C)(CNC(=O)O)CC(=O)O. The van der Waals surface area contributed by atoms with E-state index in [0.717, 1.165) is 0 Å². The average Bonchev–Trinajstić information content (AvgIpc) is 1.81. The Balaban J connectivity index is 3.86. The monoisotopic (exact) mass is 175 g/mol. The molecule has 3 N–H and O–H groups in total. The molecule has 12 heavy (non-hydrogen) atoms. The second-order valence-electron chi connectivity index (χ2n) is 3.39. The first kappa shape index (κ1) is 10.7. The van der Waals surface area contributed by atoms with E-state index in [2.05, 4.69) is 5.32 Å². The molecule has 0 atom stereocenters. The Morgan fingerprint density at radius 1 is 1.33 bits per heavy atom. The van der Waals surface area contributed by atoms with Gasteiger partial charge >= 0.3 is 12.1 Å². The number of aliphatic carboxylic acids is 1. The Morgan fingerprint density at radius 3 is 2.17 bits per heavy atom. The van der Waals surface area contributed by atoms with Gasteiger partial charge in [0.25, 0.3) is 0 Å². The Hall–Kier alpha value is -1.26. The van der Waals surface area contributed by atoms with E-state index in [1.165, 1.54) is 0 Å². The average molecular weight is 175 g/mol. The second kappa shape index (κ2) is 3.94. The highest BCUT2D eigenvalue weighted by molar-refractivity contribution is 5.68. The molecular weight excluding hydrogens is 162 g/mol. The van der Waals surface area contributed by atoms with Crippen LogP contribution in [0.5, 0.6) is 0 Å². The standard InChI is InChI=1S/C7H13NO4/c1-7(2,3-5(9)10)4-8-6(11)12/h8H,3-4H2,1-2H3,(H,9,10)(H,11,12). The van der Waals surface area contributed by atoms with Crippen LogP contribution < -0.4 is 5.32 Å². The fraction of sp³-hybridized carbons (Fsp3) is 0.714. The van der Waals surface area contributed by atoms with Gasteiger partial charge in [-0.2, -0.15) is 0 Å². The van der Waals surface area contributed by atoms with Crippen LogP contribution in [0, 0.1) is 5.41 Å². The molecule has 0 heterocycles. The van der Waals surface area contributed by atoms with Gasteiger partial charge in [-0.05, 0) is 5.41 Å². The minimum atomic E-state index is -1.13. The fourth-order valence-corrected chi connectivity index (χ4v) is 0.787. The van der Waals surface area contributed by atoms with Crippen LogP contribution in [0.25, 0.3) is 0 Å². The molecule has 5 nitrogen and oxygen atoms in total. The molecule has 0 radical (unpaired) electrons. The van der Waals surface area contributed by atoms with Crippen molar-refractivity contribution < 1.29 is 19.8 Å². The lowest BCUT2D eigenvalue weighted by atomic mass is 9.89. The van der Waals surface area contributed by atoms with Gasteiger partial charge in [-0.3, -0.25) is 4.79 Å². The fourth-order valence-electron chi connectivity index (χ4n) is 0.787. The van der Waals surface area contributed by atoms with E-state index in [1.807, 2.05) is 0 Å². The molecule has 0 fully saturated rings. The van der Waals surface area contributed by atoms with E-state index in [9.17, 15) is 9.59 Å². The van der Waals surface area contributed by atoms with Gasteiger partial charge in [-0.1, -0.05) is 13.8 Å². The van der Waals surface area contributed by atoms with E-state index in [4.69, 9.17) is 10.2 Å². The van der Waals surface area contributed by atoms with Crippen molar-refractivity contribution in [3.8, 4) is 0 Å².